The summed E-state index contributed by atoms with van der Waals surface area (Å²) in [5, 5.41) is 10.1. The number of nitrogens with zero attached hydrogens (tertiary/aromatic N) is 4. The first kappa shape index (κ1) is 14.4. The summed E-state index contributed by atoms with van der Waals surface area (Å²) in [7, 11) is 0. The molecule has 0 saturated carbocycles. The maximum Gasteiger partial charge on any atom is 0.280 e. The highest BCUT2D eigenvalue weighted by atomic mass is 16.5. The molecular weight excluding hydrogens is 310 g/mol. The molecule has 1 aromatic carbocycles. The van der Waals surface area contributed by atoms with Crippen molar-refractivity contribution in [3.05, 3.63) is 70.0 Å². The van der Waals surface area contributed by atoms with E-state index in [1.54, 1.807) is 9.58 Å². The molecule has 122 valence electrons. The summed E-state index contributed by atoms with van der Waals surface area (Å²) in [5.41, 5.74) is 1.24. The van der Waals surface area contributed by atoms with Gasteiger partial charge in [0.1, 0.15) is 11.5 Å². The largest absolute Gasteiger partial charge is 0.383 e. The van der Waals surface area contributed by atoms with Gasteiger partial charge in [0.15, 0.2) is 0 Å². The van der Waals surface area contributed by atoms with Gasteiger partial charge in [-0.05, 0) is 5.56 Å². The molecule has 0 unspecified atom stereocenters. The molecule has 0 atom stereocenters. The Bertz CT molecular complexity index is 905. The zero-order valence-corrected chi connectivity index (χ0v) is 12.8. The van der Waals surface area contributed by atoms with Crippen LogP contribution in [-0.4, -0.2) is 44.0 Å². The number of likely N-dealkylation sites (tertiary alicyclic amines) is 1. The third kappa shape index (κ3) is 2.62. The minimum Gasteiger partial charge on any atom is -0.383 e. The molecule has 0 spiro atoms. The number of aromatic amines is 1. The number of aromatic nitrogens is 4. The Morgan fingerprint density at radius 2 is 2.08 bits per heavy atom. The van der Waals surface area contributed by atoms with Gasteiger partial charge in [0, 0.05) is 19.2 Å². The number of rotatable bonds is 4. The summed E-state index contributed by atoms with van der Waals surface area (Å²) < 4.78 is 6.68. The summed E-state index contributed by atoms with van der Waals surface area (Å²) >= 11 is 0. The van der Waals surface area contributed by atoms with E-state index >= 15 is 0 Å². The molecular formula is C16H15N5O3. The molecule has 0 radical (unpaired) electrons. The lowest BCUT2D eigenvalue weighted by Gasteiger charge is -2.37. The van der Waals surface area contributed by atoms with E-state index in [9.17, 15) is 9.59 Å². The predicted octanol–water partition coefficient (Wildman–Crippen LogP) is 0.847. The second-order valence-electron chi connectivity index (χ2n) is 5.78. The lowest BCUT2D eigenvalue weighted by atomic mass is 9.97. The molecule has 24 heavy (non-hydrogen) atoms. The monoisotopic (exact) mass is 325 g/mol. The molecule has 8 nitrogen and oxygen atoms in total. The van der Waals surface area contributed by atoms with Gasteiger partial charge in [-0.1, -0.05) is 35.5 Å². The molecule has 1 fully saturated rings. The van der Waals surface area contributed by atoms with Gasteiger partial charge in [0.2, 0.25) is 0 Å². The van der Waals surface area contributed by atoms with Gasteiger partial charge in [-0.3, -0.25) is 9.59 Å². The van der Waals surface area contributed by atoms with Crippen molar-refractivity contribution >= 4 is 5.91 Å². The highest BCUT2D eigenvalue weighted by Gasteiger charge is 2.36. The topological polar surface area (TPSA) is 97.0 Å². The van der Waals surface area contributed by atoms with Crippen LogP contribution in [0.1, 0.15) is 27.7 Å². The minimum atomic E-state index is -0.264. The van der Waals surface area contributed by atoms with Crippen LogP contribution in [0.4, 0.5) is 0 Å². The van der Waals surface area contributed by atoms with Gasteiger partial charge in [-0.25, -0.2) is 4.68 Å². The first-order valence-corrected chi connectivity index (χ1v) is 7.61. The molecule has 0 aliphatic carbocycles. The number of carbonyl (C=O) groups excluding carboxylic acids is 1. The molecule has 2 aromatic heterocycles. The fourth-order valence-electron chi connectivity index (χ4n) is 2.78. The van der Waals surface area contributed by atoms with E-state index in [1.165, 1.54) is 12.3 Å². The van der Waals surface area contributed by atoms with Crippen LogP contribution in [0.25, 0.3) is 0 Å². The van der Waals surface area contributed by atoms with E-state index < -0.39 is 0 Å². The lowest BCUT2D eigenvalue weighted by molar-refractivity contribution is 0.0562. The van der Waals surface area contributed by atoms with E-state index in [0.29, 0.717) is 31.1 Å². The van der Waals surface area contributed by atoms with Crippen LogP contribution in [-0.2, 0) is 6.54 Å². The third-order valence-electron chi connectivity index (χ3n) is 4.13. The Labute approximate surface area is 136 Å². The summed E-state index contributed by atoms with van der Waals surface area (Å²) in [4.78, 5) is 25.4. The van der Waals surface area contributed by atoms with Gasteiger partial charge in [0.25, 0.3) is 11.5 Å². The number of nitrogens with one attached hydrogen (secondary N) is 1. The van der Waals surface area contributed by atoms with Crippen molar-refractivity contribution in [1.29, 1.82) is 0 Å². The molecule has 0 bridgehead atoms. The summed E-state index contributed by atoms with van der Waals surface area (Å²) in [5.74, 6) is 0.511. The Morgan fingerprint density at radius 3 is 2.79 bits per heavy atom. The highest BCUT2D eigenvalue weighted by molar-refractivity contribution is 5.93. The Kier molecular flexibility index (Phi) is 3.49. The van der Waals surface area contributed by atoms with E-state index in [1.807, 2.05) is 30.3 Å². The molecule has 1 saturated heterocycles. The summed E-state index contributed by atoms with van der Waals surface area (Å²) in [6.07, 6.45) is 1.48. The fourth-order valence-corrected chi connectivity index (χ4v) is 2.78. The van der Waals surface area contributed by atoms with E-state index in [2.05, 4.69) is 15.5 Å². The van der Waals surface area contributed by atoms with Crippen molar-refractivity contribution < 1.29 is 9.32 Å². The Hall–Kier alpha value is -3.16. The smallest absolute Gasteiger partial charge is 0.280 e. The SMILES string of the molecule is O=C(c1cnnn1Cc1ccccc1)N1CC(c2cc(=O)[nH]o2)C1. The molecule has 1 aliphatic heterocycles. The number of amides is 1. The normalized spacial score (nSPS) is 14.6. The van der Waals surface area contributed by atoms with Crippen LogP contribution in [0.3, 0.4) is 0 Å². The number of carbonyl (C=O) groups is 1. The van der Waals surface area contributed by atoms with E-state index in [4.69, 9.17) is 4.52 Å². The van der Waals surface area contributed by atoms with Crippen molar-refractivity contribution in [3.8, 4) is 0 Å². The second kappa shape index (κ2) is 5.80. The van der Waals surface area contributed by atoms with Gasteiger partial charge in [-0.15, -0.1) is 5.10 Å². The molecule has 1 aliphatic rings. The van der Waals surface area contributed by atoms with Crippen LogP contribution < -0.4 is 5.56 Å². The third-order valence-corrected chi connectivity index (χ3v) is 4.13. The number of hydrogen-bond donors (Lipinski definition) is 1. The molecule has 4 rings (SSSR count). The van der Waals surface area contributed by atoms with Gasteiger partial charge in [-0.2, -0.15) is 5.16 Å². The van der Waals surface area contributed by atoms with Crippen LogP contribution in [0.5, 0.6) is 0 Å². The molecule has 3 aromatic rings. The standard InChI is InChI=1S/C16H15N5O3/c22-15-6-14(24-18-15)12-9-20(10-12)16(23)13-7-17-19-21(13)8-11-4-2-1-3-5-11/h1-7,12H,8-10H2,(H,18,22). The second-order valence-corrected chi connectivity index (χ2v) is 5.78. The maximum absolute atomic E-state index is 12.6. The quantitative estimate of drug-likeness (QED) is 0.767. The average molecular weight is 325 g/mol. The number of hydrogen-bond acceptors (Lipinski definition) is 5. The number of H-pyrrole nitrogens is 1. The zero-order valence-electron chi connectivity index (χ0n) is 12.8. The minimum absolute atomic E-state index is 0.0475. The number of benzene rings is 1. The van der Waals surface area contributed by atoms with Gasteiger partial charge >= 0.3 is 0 Å². The Morgan fingerprint density at radius 1 is 1.29 bits per heavy atom. The first-order valence-electron chi connectivity index (χ1n) is 7.61. The first-order chi connectivity index (χ1) is 11.7. The van der Waals surface area contributed by atoms with Crippen LogP contribution >= 0.6 is 0 Å². The maximum atomic E-state index is 12.6. The Balaban J connectivity index is 1.45. The van der Waals surface area contributed by atoms with Crippen molar-refractivity contribution in [2.24, 2.45) is 0 Å². The summed E-state index contributed by atoms with van der Waals surface area (Å²) in [6.45, 7) is 1.51. The summed E-state index contributed by atoms with van der Waals surface area (Å²) in [6, 6.07) is 11.2. The molecule has 1 N–H and O–H groups in total. The van der Waals surface area contributed by atoms with Crippen molar-refractivity contribution in [3.63, 3.8) is 0 Å². The van der Waals surface area contributed by atoms with Gasteiger partial charge < -0.3 is 9.42 Å². The molecule has 1 amide bonds. The van der Waals surface area contributed by atoms with Crippen molar-refractivity contribution in [1.82, 2.24) is 25.1 Å². The van der Waals surface area contributed by atoms with E-state index in [0.717, 1.165) is 5.56 Å². The van der Waals surface area contributed by atoms with Crippen LogP contribution in [0.2, 0.25) is 0 Å². The van der Waals surface area contributed by atoms with E-state index in [-0.39, 0.29) is 17.4 Å². The van der Waals surface area contributed by atoms with Crippen molar-refractivity contribution in [2.45, 2.75) is 12.5 Å². The average Bonchev–Trinajstić information content (AvgIpc) is 3.16. The molecule has 3 heterocycles. The molecule has 8 heteroatoms. The van der Waals surface area contributed by atoms with Crippen molar-refractivity contribution in [2.75, 3.05) is 13.1 Å². The zero-order chi connectivity index (χ0) is 16.5. The fraction of sp³-hybridized carbons (Fsp3) is 0.250. The van der Waals surface area contributed by atoms with Gasteiger partial charge in [0.05, 0.1) is 18.7 Å². The lowest BCUT2D eigenvalue weighted by Crippen LogP contribution is -2.49. The predicted molar refractivity (Wildman–Crippen MR) is 83.5 cm³/mol. The highest BCUT2D eigenvalue weighted by Crippen LogP contribution is 2.27. The van der Waals surface area contributed by atoms with Crippen LogP contribution in [0.15, 0.2) is 51.9 Å². The van der Waals surface area contributed by atoms with Crippen LogP contribution in [0, 0.1) is 0 Å².